The number of benzene rings is 4. The van der Waals surface area contributed by atoms with Crippen LogP contribution < -0.4 is 0 Å². The molecule has 4 nitrogen and oxygen atoms in total. The number of aromatic nitrogens is 2. The molecule has 1 N–H and O–H groups in total. The molecule has 1 atom stereocenters. The number of aliphatic hydroxyl groups is 1. The minimum Gasteiger partial charge on any atom is -0.512 e. The van der Waals surface area contributed by atoms with Crippen molar-refractivity contribution in [2.75, 3.05) is 0 Å². The number of nitrogens with zero attached hydrogens (tertiary/aromatic N) is 2. The first kappa shape index (κ1) is 47.4. The fraction of sp³-hybridized carbons (Fsp3) is 0.377. The summed E-state index contributed by atoms with van der Waals surface area (Å²) in [5.74, 6) is -1.05. The fourth-order valence-corrected chi connectivity index (χ4v) is 7.27. The minimum atomic E-state index is -4.33. The molecule has 0 saturated carbocycles. The molecule has 2 heterocycles. The number of rotatable bonds is 11. The smallest absolute Gasteiger partial charge is 0.389 e. The summed E-state index contributed by atoms with van der Waals surface area (Å²) in [5.41, 5.74) is 10.8. The van der Waals surface area contributed by atoms with Crippen molar-refractivity contribution >= 4 is 27.3 Å². The molecule has 0 amide bonds. The number of ketones is 1. The van der Waals surface area contributed by atoms with Crippen LogP contribution in [0.15, 0.2) is 97.0 Å². The van der Waals surface area contributed by atoms with Crippen molar-refractivity contribution in [3.05, 3.63) is 142 Å². The molecular weight excluding hydrogens is 946 g/mol. The van der Waals surface area contributed by atoms with Gasteiger partial charge in [-0.15, -0.1) is 69.8 Å². The third kappa shape index (κ3) is 14.5. The molecule has 8 heteroatoms. The number of carbonyl (C=O) groups is 1. The van der Waals surface area contributed by atoms with Crippen molar-refractivity contribution in [3.8, 4) is 22.5 Å². The molecule has 0 bridgehead atoms. The molecule has 0 aliphatic rings. The average molecular weight is 1010 g/mol. The Balaban J connectivity index is 0.000000252. The molecule has 0 spiro atoms. The molecule has 327 valence electrons. The molecule has 1 unspecified atom stereocenters. The largest absolute Gasteiger partial charge is 0.512 e. The van der Waals surface area contributed by atoms with Gasteiger partial charge in [0.1, 0.15) is 0 Å². The molecule has 6 aromatic rings. The van der Waals surface area contributed by atoms with E-state index >= 15 is 0 Å². The molecule has 0 fully saturated rings. The van der Waals surface area contributed by atoms with Crippen molar-refractivity contribution in [2.24, 2.45) is 11.8 Å². The summed E-state index contributed by atoms with van der Waals surface area (Å²) in [5, 5.41) is 13.9. The molecule has 0 aliphatic carbocycles. The van der Waals surface area contributed by atoms with Crippen LogP contribution >= 0.6 is 0 Å². The summed E-state index contributed by atoms with van der Waals surface area (Å²) < 4.78 is 52.8. The van der Waals surface area contributed by atoms with Crippen molar-refractivity contribution < 1.29 is 45.9 Å². The second-order valence-corrected chi connectivity index (χ2v) is 16.4. The van der Waals surface area contributed by atoms with Gasteiger partial charge in [0.05, 0.1) is 14.9 Å². The Morgan fingerprint density at radius 3 is 1.44 bits per heavy atom. The first-order valence-corrected chi connectivity index (χ1v) is 21.0. The number of carbonyl (C=O) groups excluding carboxylic acids is 1. The molecule has 4 aromatic carbocycles. The van der Waals surface area contributed by atoms with Gasteiger partial charge < -0.3 is 15.1 Å². The van der Waals surface area contributed by atoms with Crippen LogP contribution in [-0.2, 0) is 24.9 Å². The quantitative estimate of drug-likeness (QED) is 0.0798. The number of alkyl halides is 3. The Kier molecular flexibility index (Phi) is 17.9. The van der Waals surface area contributed by atoms with Gasteiger partial charge in [0.2, 0.25) is 0 Å². The van der Waals surface area contributed by atoms with E-state index in [0.717, 1.165) is 61.3 Å². The Morgan fingerprint density at radius 2 is 1.10 bits per heavy atom. The van der Waals surface area contributed by atoms with Gasteiger partial charge in [-0.3, -0.25) is 4.79 Å². The summed E-state index contributed by atoms with van der Waals surface area (Å²) >= 11 is 0. The summed E-state index contributed by atoms with van der Waals surface area (Å²) in [7, 11) is 0. The van der Waals surface area contributed by atoms with Gasteiger partial charge in [-0.2, -0.15) is 13.2 Å². The number of aliphatic hydroxyl groups excluding tert-OH is 1. The number of hydrogen-bond acceptors (Lipinski definition) is 4. The standard InChI is InChI=1S/2C20H20N.C13H21F3O2.Ir/c2*1-13(2)16-5-6-19-17(12-16)7-8-21-20(19)18-10-14(3)9-15(4)11-18;1-4-9(5-2)11(17)7-12(18)10(6-3)8-13(14,15)16;/h2*5-10,12-13H,1-4H3;7,9-10,18H,4-6,8H2,1-3H3;/q2*-1;;/b;;12-7-;/i2*8D;;. The molecule has 1 radical (unpaired) electrons. The van der Waals surface area contributed by atoms with Gasteiger partial charge >= 0.3 is 6.18 Å². The van der Waals surface area contributed by atoms with Crippen LogP contribution in [0.5, 0.6) is 0 Å². The maximum atomic E-state index is 12.3. The summed E-state index contributed by atoms with van der Waals surface area (Å²) in [6, 6.07) is 31.7. The van der Waals surface area contributed by atoms with Crippen molar-refractivity contribution in [1.82, 2.24) is 9.97 Å². The normalized spacial score (nSPS) is 12.6. The van der Waals surface area contributed by atoms with E-state index in [1.54, 1.807) is 6.92 Å². The second kappa shape index (κ2) is 23.0. The number of hydrogen-bond donors (Lipinski definition) is 1. The van der Waals surface area contributed by atoms with E-state index in [-0.39, 0.29) is 38.2 Å². The van der Waals surface area contributed by atoms with Gasteiger partial charge in [0.25, 0.3) is 0 Å². The van der Waals surface area contributed by atoms with Crippen LogP contribution in [0.3, 0.4) is 0 Å². The van der Waals surface area contributed by atoms with Gasteiger partial charge in [-0.05, 0) is 87.3 Å². The van der Waals surface area contributed by atoms with Crippen molar-refractivity contribution in [1.29, 1.82) is 0 Å². The van der Waals surface area contributed by atoms with Crippen LogP contribution in [-0.4, -0.2) is 27.0 Å². The molecule has 61 heavy (non-hydrogen) atoms. The molecule has 0 saturated heterocycles. The summed E-state index contributed by atoms with van der Waals surface area (Å²) in [6.07, 6.45) is -2.46. The third-order valence-corrected chi connectivity index (χ3v) is 10.7. The van der Waals surface area contributed by atoms with Crippen molar-refractivity contribution in [3.63, 3.8) is 0 Å². The molecular formula is C53H61F3IrN2O2-2. The zero-order valence-corrected chi connectivity index (χ0v) is 39.8. The van der Waals surface area contributed by atoms with E-state index in [2.05, 4.69) is 124 Å². The first-order chi connectivity index (χ1) is 29.1. The van der Waals surface area contributed by atoms with E-state index in [9.17, 15) is 23.1 Å². The van der Waals surface area contributed by atoms with Gasteiger partial charge in [0, 0.05) is 50.4 Å². The minimum absolute atomic E-state index is 0. The number of halogens is 3. The van der Waals surface area contributed by atoms with Gasteiger partial charge in [0.15, 0.2) is 5.78 Å². The summed E-state index contributed by atoms with van der Waals surface area (Å²) in [6.45, 7) is 22.2. The zero-order chi connectivity index (χ0) is 46.1. The number of aryl methyl sites for hydroxylation is 4. The fourth-order valence-electron chi connectivity index (χ4n) is 7.27. The van der Waals surface area contributed by atoms with Crippen LogP contribution in [0.25, 0.3) is 44.1 Å². The maximum Gasteiger partial charge on any atom is 0.389 e. The van der Waals surface area contributed by atoms with Gasteiger partial charge in [-0.1, -0.05) is 113 Å². The molecule has 6 rings (SSSR count). The monoisotopic (exact) mass is 1010 g/mol. The number of pyridine rings is 2. The summed E-state index contributed by atoms with van der Waals surface area (Å²) in [4.78, 5) is 20.6. The predicted octanol–water partition coefficient (Wildman–Crippen LogP) is 15.3. The van der Waals surface area contributed by atoms with E-state index in [1.165, 1.54) is 22.3 Å². The molecule has 0 aliphatic heterocycles. The number of fused-ring (bicyclic) bond motifs is 2. The van der Waals surface area contributed by atoms with E-state index in [1.807, 2.05) is 39.8 Å². The van der Waals surface area contributed by atoms with Crippen LogP contribution in [0.4, 0.5) is 13.2 Å². The van der Waals surface area contributed by atoms with Crippen LogP contribution in [0.1, 0.15) is 122 Å². The maximum absolute atomic E-state index is 12.3. The van der Waals surface area contributed by atoms with Crippen molar-refractivity contribution in [2.45, 2.75) is 120 Å². The Bertz CT molecular complexity index is 2340. The SMILES string of the molecule is CCC(CC)C(=O)/C=C(\O)C(CC)CC(F)(F)F.[2H]c1cc2cc(C(C)C)ccc2c(-c2[c-]c(C)cc(C)c2)n1.[2H]c1cc2cc(C(C)C)ccc2c(-c2[c-]c(C)cc(C)c2)n1.[Ir]. The molecule has 2 aromatic heterocycles. The van der Waals surface area contributed by atoms with E-state index in [4.69, 9.17) is 2.74 Å². The Hall–Kier alpha value is -4.65. The Labute approximate surface area is 378 Å². The predicted molar refractivity (Wildman–Crippen MR) is 243 cm³/mol. The Morgan fingerprint density at radius 1 is 0.689 bits per heavy atom. The number of allylic oxidation sites excluding steroid dienone is 2. The topological polar surface area (TPSA) is 63.1 Å². The zero-order valence-electron chi connectivity index (χ0n) is 39.4. The van der Waals surface area contributed by atoms with Gasteiger partial charge in [-0.25, -0.2) is 0 Å². The first-order valence-electron chi connectivity index (χ1n) is 22.0. The van der Waals surface area contributed by atoms with E-state index in [0.29, 0.717) is 37.0 Å². The van der Waals surface area contributed by atoms with E-state index < -0.39 is 24.3 Å². The third-order valence-electron chi connectivity index (χ3n) is 10.7. The average Bonchev–Trinajstić information content (AvgIpc) is 3.18. The second-order valence-electron chi connectivity index (χ2n) is 16.4. The van der Waals surface area contributed by atoms with Crippen LogP contribution in [0, 0.1) is 51.7 Å². The van der Waals surface area contributed by atoms with Crippen LogP contribution in [0.2, 0.25) is 0 Å².